The summed E-state index contributed by atoms with van der Waals surface area (Å²) in [6, 6.07) is 6.96. The lowest BCUT2D eigenvalue weighted by Crippen LogP contribution is -2.46. The number of hydrogen-bond donors (Lipinski definition) is 1. The maximum Gasteiger partial charge on any atom is 0.221 e. The standard InChI is InChI=1S/C13H16FN5/c14-12-4-2-1-3-11(12)9-18-5-7-19(8-6-18)13-15-10-16-17-13/h1-4,10H,5-9H2,(H,15,16,17). The van der Waals surface area contributed by atoms with Gasteiger partial charge in [0.2, 0.25) is 5.95 Å². The summed E-state index contributed by atoms with van der Waals surface area (Å²) in [5.41, 5.74) is 0.760. The number of hydrogen-bond acceptors (Lipinski definition) is 4. The van der Waals surface area contributed by atoms with Gasteiger partial charge in [-0.1, -0.05) is 18.2 Å². The van der Waals surface area contributed by atoms with E-state index in [1.165, 1.54) is 12.4 Å². The number of H-pyrrole nitrogens is 1. The Morgan fingerprint density at radius 1 is 1.16 bits per heavy atom. The van der Waals surface area contributed by atoms with Gasteiger partial charge in [-0.25, -0.2) is 9.49 Å². The molecule has 1 fully saturated rings. The highest BCUT2D eigenvalue weighted by Gasteiger charge is 2.19. The van der Waals surface area contributed by atoms with Crippen LogP contribution in [0.25, 0.3) is 0 Å². The fourth-order valence-electron chi connectivity index (χ4n) is 2.34. The summed E-state index contributed by atoms with van der Waals surface area (Å²) in [6.07, 6.45) is 1.51. The Kier molecular flexibility index (Phi) is 3.41. The Balaban J connectivity index is 1.57. The van der Waals surface area contributed by atoms with E-state index < -0.39 is 0 Å². The van der Waals surface area contributed by atoms with Gasteiger partial charge in [-0.2, -0.15) is 10.1 Å². The van der Waals surface area contributed by atoms with E-state index in [9.17, 15) is 4.39 Å². The minimum absolute atomic E-state index is 0.125. The molecule has 1 N–H and O–H groups in total. The van der Waals surface area contributed by atoms with Crippen LogP contribution in [0, 0.1) is 5.82 Å². The van der Waals surface area contributed by atoms with E-state index in [0.29, 0.717) is 6.54 Å². The summed E-state index contributed by atoms with van der Waals surface area (Å²) in [5.74, 6) is 0.686. The van der Waals surface area contributed by atoms with Gasteiger partial charge in [-0.3, -0.25) is 4.90 Å². The van der Waals surface area contributed by atoms with Crippen LogP contribution in [0.2, 0.25) is 0 Å². The monoisotopic (exact) mass is 261 g/mol. The van der Waals surface area contributed by atoms with Crippen molar-refractivity contribution in [1.82, 2.24) is 20.1 Å². The van der Waals surface area contributed by atoms with Crippen molar-refractivity contribution in [2.45, 2.75) is 6.54 Å². The first-order valence-electron chi connectivity index (χ1n) is 6.39. The molecular formula is C13H16FN5. The maximum absolute atomic E-state index is 13.6. The summed E-state index contributed by atoms with van der Waals surface area (Å²) < 4.78 is 13.6. The number of rotatable bonds is 3. The second-order valence-electron chi connectivity index (χ2n) is 4.66. The number of nitrogens with one attached hydrogen (secondary N) is 1. The summed E-state index contributed by atoms with van der Waals surface area (Å²) in [6.45, 7) is 4.22. The molecule has 1 aliphatic heterocycles. The molecule has 3 rings (SSSR count). The van der Waals surface area contributed by atoms with Crippen LogP contribution in [-0.2, 0) is 6.54 Å². The number of anilines is 1. The van der Waals surface area contributed by atoms with Crippen LogP contribution in [-0.4, -0.2) is 46.3 Å². The van der Waals surface area contributed by atoms with E-state index in [2.05, 4.69) is 25.0 Å². The lowest BCUT2D eigenvalue weighted by molar-refractivity contribution is 0.245. The summed E-state index contributed by atoms with van der Waals surface area (Å²) in [5, 5.41) is 6.72. The van der Waals surface area contributed by atoms with E-state index in [-0.39, 0.29) is 5.82 Å². The third kappa shape index (κ3) is 2.73. The van der Waals surface area contributed by atoms with Crippen molar-refractivity contribution in [2.75, 3.05) is 31.1 Å². The Morgan fingerprint density at radius 3 is 2.63 bits per heavy atom. The molecule has 6 heteroatoms. The Labute approximate surface area is 111 Å². The SMILES string of the molecule is Fc1ccccc1CN1CCN(c2ncn[nH]2)CC1. The smallest absolute Gasteiger partial charge is 0.221 e. The van der Waals surface area contributed by atoms with E-state index >= 15 is 0 Å². The second kappa shape index (κ2) is 5.36. The fourth-order valence-corrected chi connectivity index (χ4v) is 2.34. The molecule has 1 aromatic heterocycles. The Hall–Kier alpha value is -1.95. The lowest BCUT2D eigenvalue weighted by atomic mass is 10.2. The average Bonchev–Trinajstić information content (AvgIpc) is 2.96. The van der Waals surface area contributed by atoms with Crippen LogP contribution < -0.4 is 4.90 Å². The third-order valence-electron chi connectivity index (χ3n) is 3.43. The molecular weight excluding hydrogens is 245 g/mol. The van der Waals surface area contributed by atoms with Gasteiger partial charge in [0.15, 0.2) is 0 Å². The van der Waals surface area contributed by atoms with Gasteiger partial charge in [-0.05, 0) is 6.07 Å². The number of piperazine rings is 1. The predicted octanol–water partition coefficient (Wildman–Crippen LogP) is 1.27. The van der Waals surface area contributed by atoms with E-state index in [0.717, 1.165) is 37.7 Å². The van der Waals surface area contributed by atoms with Gasteiger partial charge in [0.05, 0.1) is 0 Å². The lowest BCUT2D eigenvalue weighted by Gasteiger charge is -2.34. The summed E-state index contributed by atoms with van der Waals surface area (Å²) in [7, 11) is 0. The van der Waals surface area contributed by atoms with Crippen molar-refractivity contribution in [1.29, 1.82) is 0 Å². The van der Waals surface area contributed by atoms with Gasteiger partial charge >= 0.3 is 0 Å². The number of aromatic amines is 1. The molecule has 0 bridgehead atoms. The van der Waals surface area contributed by atoms with Crippen LogP contribution in [0.4, 0.5) is 10.3 Å². The number of halogens is 1. The largest absolute Gasteiger partial charge is 0.339 e. The van der Waals surface area contributed by atoms with E-state index in [1.54, 1.807) is 6.07 Å². The van der Waals surface area contributed by atoms with Crippen LogP contribution in [0.3, 0.4) is 0 Å². The highest BCUT2D eigenvalue weighted by molar-refractivity contribution is 5.28. The number of benzene rings is 1. The second-order valence-corrected chi connectivity index (χ2v) is 4.66. The number of aromatic nitrogens is 3. The van der Waals surface area contributed by atoms with Crippen molar-refractivity contribution in [3.8, 4) is 0 Å². The minimum Gasteiger partial charge on any atom is -0.339 e. The molecule has 0 radical (unpaired) electrons. The first kappa shape index (κ1) is 12.1. The molecule has 0 aliphatic carbocycles. The van der Waals surface area contributed by atoms with Crippen molar-refractivity contribution in [3.63, 3.8) is 0 Å². The zero-order valence-corrected chi connectivity index (χ0v) is 10.6. The molecule has 1 aromatic carbocycles. The van der Waals surface area contributed by atoms with Crippen molar-refractivity contribution < 1.29 is 4.39 Å². The average molecular weight is 261 g/mol. The normalized spacial score (nSPS) is 16.8. The Morgan fingerprint density at radius 2 is 1.95 bits per heavy atom. The molecule has 5 nitrogen and oxygen atoms in total. The summed E-state index contributed by atoms with van der Waals surface area (Å²) >= 11 is 0. The molecule has 0 amide bonds. The first-order chi connectivity index (χ1) is 9.33. The fraction of sp³-hybridized carbons (Fsp3) is 0.385. The molecule has 2 aromatic rings. The molecule has 0 spiro atoms. The van der Waals surface area contributed by atoms with Gasteiger partial charge in [-0.15, -0.1) is 0 Å². The van der Waals surface area contributed by atoms with Crippen molar-refractivity contribution >= 4 is 5.95 Å². The zero-order valence-electron chi connectivity index (χ0n) is 10.6. The third-order valence-corrected chi connectivity index (χ3v) is 3.43. The summed E-state index contributed by atoms with van der Waals surface area (Å²) in [4.78, 5) is 8.56. The highest BCUT2D eigenvalue weighted by Crippen LogP contribution is 2.14. The van der Waals surface area contributed by atoms with Crippen molar-refractivity contribution in [3.05, 3.63) is 42.0 Å². The molecule has 0 saturated carbocycles. The number of nitrogens with zero attached hydrogens (tertiary/aromatic N) is 4. The molecule has 0 atom stereocenters. The highest BCUT2D eigenvalue weighted by atomic mass is 19.1. The van der Waals surface area contributed by atoms with Crippen LogP contribution >= 0.6 is 0 Å². The Bertz CT molecular complexity index is 520. The topological polar surface area (TPSA) is 48.1 Å². The molecule has 19 heavy (non-hydrogen) atoms. The van der Waals surface area contributed by atoms with Crippen molar-refractivity contribution in [2.24, 2.45) is 0 Å². The van der Waals surface area contributed by atoms with Crippen LogP contribution in [0.15, 0.2) is 30.6 Å². The molecule has 2 heterocycles. The van der Waals surface area contributed by atoms with E-state index in [4.69, 9.17) is 0 Å². The van der Waals surface area contributed by atoms with Crippen LogP contribution in [0.5, 0.6) is 0 Å². The van der Waals surface area contributed by atoms with Gasteiger partial charge in [0.1, 0.15) is 12.1 Å². The van der Waals surface area contributed by atoms with Gasteiger partial charge in [0, 0.05) is 38.3 Å². The first-order valence-corrected chi connectivity index (χ1v) is 6.39. The molecule has 1 saturated heterocycles. The predicted molar refractivity (Wildman–Crippen MR) is 70.3 cm³/mol. The minimum atomic E-state index is -0.125. The van der Waals surface area contributed by atoms with Crippen LogP contribution in [0.1, 0.15) is 5.56 Å². The van der Waals surface area contributed by atoms with Gasteiger partial charge in [0.25, 0.3) is 0 Å². The van der Waals surface area contributed by atoms with E-state index in [1.807, 2.05) is 12.1 Å². The van der Waals surface area contributed by atoms with Gasteiger partial charge < -0.3 is 4.90 Å². The molecule has 1 aliphatic rings. The zero-order chi connectivity index (χ0) is 13.1. The molecule has 0 unspecified atom stereocenters. The quantitative estimate of drug-likeness (QED) is 0.904. The maximum atomic E-state index is 13.6. The molecule has 100 valence electrons.